The van der Waals surface area contributed by atoms with E-state index in [1.807, 2.05) is 17.5 Å². The minimum absolute atomic E-state index is 0.100. The Balaban J connectivity index is 2.17. The number of esters is 1. The fourth-order valence-electron chi connectivity index (χ4n) is 3.63. The largest absolute Gasteiger partial charge is 0.444 e. The van der Waals surface area contributed by atoms with Crippen LogP contribution in [0.25, 0.3) is 0 Å². The van der Waals surface area contributed by atoms with Gasteiger partial charge in [-0.15, -0.1) is 11.3 Å². The molecule has 4 nitrogen and oxygen atoms in total. The van der Waals surface area contributed by atoms with Crippen molar-refractivity contribution >= 4 is 17.3 Å². The smallest absolute Gasteiger partial charge is 0.345 e. The van der Waals surface area contributed by atoms with Crippen molar-refractivity contribution < 1.29 is 14.6 Å². The molecule has 1 heterocycles. The highest BCUT2D eigenvalue weighted by molar-refractivity contribution is 7.10. The Morgan fingerprint density at radius 3 is 2.52 bits per heavy atom. The quantitative estimate of drug-likeness (QED) is 0.559. The molecule has 1 aliphatic rings. The van der Waals surface area contributed by atoms with Crippen LogP contribution in [0.1, 0.15) is 64.7 Å². The minimum atomic E-state index is -1.58. The molecule has 1 aromatic heterocycles. The molecule has 0 aromatic carbocycles. The molecule has 0 spiro atoms. The summed E-state index contributed by atoms with van der Waals surface area (Å²) in [7, 11) is 0. The van der Waals surface area contributed by atoms with Gasteiger partial charge >= 0.3 is 5.97 Å². The number of carbonyl (C=O) groups is 1. The van der Waals surface area contributed by atoms with Crippen LogP contribution in [0.3, 0.4) is 0 Å². The minimum Gasteiger partial charge on any atom is -0.444 e. The first kappa shape index (κ1) is 21.9. The van der Waals surface area contributed by atoms with Crippen LogP contribution in [0, 0.1) is 17.8 Å². The zero-order valence-corrected chi connectivity index (χ0v) is 17.9. The zero-order valence-electron chi connectivity index (χ0n) is 17.1. The van der Waals surface area contributed by atoms with E-state index in [0.717, 1.165) is 45.2 Å². The third kappa shape index (κ3) is 5.57. The van der Waals surface area contributed by atoms with Crippen molar-refractivity contribution in [3.63, 3.8) is 0 Å². The molecule has 5 heteroatoms. The normalized spacial score (nSPS) is 17.9. The summed E-state index contributed by atoms with van der Waals surface area (Å²) in [6.07, 6.45) is 4.93. The van der Waals surface area contributed by atoms with Gasteiger partial charge in [-0.1, -0.05) is 51.0 Å². The lowest BCUT2D eigenvalue weighted by atomic mass is 9.76. The molecule has 1 saturated carbocycles. The standard InChI is InChI=1S/C22H33NO3S/c1-5-23(6-2)16-11-15-21(3,4)26-20(24)22(25,19-14-10-17-27-19)18-12-8-7-9-13-18/h10,14,17-18,25H,5-9,12-13,16H2,1-4H3. The van der Waals surface area contributed by atoms with Crippen LogP contribution in [0.2, 0.25) is 0 Å². The molecule has 1 aromatic rings. The van der Waals surface area contributed by atoms with Crippen LogP contribution in [-0.2, 0) is 15.1 Å². The van der Waals surface area contributed by atoms with E-state index in [0.29, 0.717) is 11.4 Å². The van der Waals surface area contributed by atoms with Crippen molar-refractivity contribution in [1.29, 1.82) is 0 Å². The third-order valence-corrected chi connectivity index (χ3v) is 6.33. The number of thiophene rings is 1. The summed E-state index contributed by atoms with van der Waals surface area (Å²) >= 11 is 1.41. The Labute approximate surface area is 167 Å². The van der Waals surface area contributed by atoms with Gasteiger partial charge in [0.05, 0.1) is 6.54 Å². The number of ether oxygens (including phenoxy) is 1. The zero-order chi connectivity index (χ0) is 19.9. The van der Waals surface area contributed by atoms with E-state index in [1.165, 1.54) is 11.3 Å². The first-order valence-corrected chi connectivity index (χ1v) is 10.9. The van der Waals surface area contributed by atoms with Gasteiger partial charge < -0.3 is 9.84 Å². The van der Waals surface area contributed by atoms with E-state index >= 15 is 0 Å². The van der Waals surface area contributed by atoms with Gasteiger partial charge in [0.25, 0.3) is 0 Å². The first-order valence-electron chi connectivity index (χ1n) is 10.1. The van der Waals surface area contributed by atoms with Gasteiger partial charge in [-0.25, -0.2) is 4.79 Å². The van der Waals surface area contributed by atoms with Crippen molar-refractivity contribution in [3.05, 3.63) is 22.4 Å². The SMILES string of the molecule is CCN(CC)CC#CC(C)(C)OC(=O)C(O)(c1cccs1)C1CCCCC1. The molecular formula is C22H33NO3S. The molecule has 1 N–H and O–H groups in total. The Hall–Kier alpha value is -1.35. The maximum absolute atomic E-state index is 13.1. The number of hydrogen-bond donors (Lipinski definition) is 1. The highest BCUT2D eigenvalue weighted by Gasteiger charge is 2.49. The summed E-state index contributed by atoms with van der Waals surface area (Å²) in [5.41, 5.74) is -2.52. The van der Waals surface area contributed by atoms with Gasteiger partial charge in [0.15, 0.2) is 11.2 Å². The van der Waals surface area contributed by atoms with Gasteiger partial charge in [0.2, 0.25) is 0 Å². The van der Waals surface area contributed by atoms with Crippen LogP contribution in [0.4, 0.5) is 0 Å². The number of nitrogens with zero attached hydrogens (tertiary/aromatic N) is 1. The lowest BCUT2D eigenvalue weighted by Gasteiger charge is -2.37. The fraction of sp³-hybridized carbons (Fsp3) is 0.682. The molecule has 0 bridgehead atoms. The maximum atomic E-state index is 13.1. The van der Waals surface area contributed by atoms with Crippen LogP contribution >= 0.6 is 11.3 Å². The van der Waals surface area contributed by atoms with Crippen LogP contribution < -0.4 is 0 Å². The van der Waals surface area contributed by atoms with Crippen LogP contribution in [-0.4, -0.2) is 41.2 Å². The molecule has 0 radical (unpaired) electrons. The molecule has 0 saturated heterocycles. The van der Waals surface area contributed by atoms with Crippen molar-refractivity contribution in [1.82, 2.24) is 4.90 Å². The molecule has 150 valence electrons. The van der Waals surface area contributed by atoms with E-state index in [-0.39, 0.29) is 5.92 Å². The molecule has 0 amide bonds. The van der Waals surface area contributed by atoms with E-state index in [1.54, 1.807) is 13.8 Å². The van der Waals surface area contributed by atoms with Crippen molar-refractivity contribution in [2.45, 2.75) is 71.0 Å². The molecule has 0 aliphatic heterocycles. The van der Waals surface area contributed by atoms with E-state index in [4.69, 9.17) is 4.74 Å². The summed E-state index contributed by atoms with van der Waals surface area (Å²) in [6.45, 7) is 10.3. The highest BCUT2D eigenvalue weighted by atomic mass is 32.1. The van der Waals surface area contributed by atoms with Gasteiger partial charge in [-0.3, -0.25) is 4.90 Å². The molecule has 1 fully saturated rings. The Kier molecular flexibility index (Phi) is 7.91. The van der Waals surface area contributed by atoms with Gasteiger partial charge in [-0.05, 0) is 51.2 Å². The maximum Gasteiger partial charge on any atom is 0.345 e. The topological polar surface area (TPSA) is 49.8 Å². The summed E-state index contributed by atoms with van der Waals surface area (Å²) in [6, 6.07) is 3.70. The molecule has 1 unspecified atom stereocenters. The van der Waals surface area contributed by atoms with E-state index < -0.39 is 17.2 Å². The summed E-state index contributed by atoms with van der Waals surface area (Å²) < 4.78 is 5.75. The second-order valence-electron chi connectivity index (χ2n) is 7.74. The van der Waals surface area contributed by atoms with Gasteiger partial charge in [-0.2, -0.15) is 0 Å². The van der Waals surface area contributed by atoms with Crippen LogP contribution in [0.5, 0.6) is 0 Å². The first-order chi connectivity index (χ1) is 12.8. The van der Waals surface area contributed by atoms with Crippen molar-refractivity contribution in [2.24, 2.45) is 5.92 Å². The van der Waals surface area contributed by atoms with Gasteiger partial charge in [0, 0.05) is 10.8 Å². The predicted molar refractivity (Wildman–Crippen MR) is 111 cm³/mol. The Bertz CT molecular complexity index is 649. The lowest BCUT2D eigenvalue weighted by Crippen LogP contribution is -2.47. The second kappa shape index (κ2) is 9.73. The number of rotatable bonds is 7. The number of aliphatic hydroxyl groups is 1. The third-order valence-electron chi connectivity index (χ3n) is 5.34. The van der Waals surface area contributed by atoms with Crippen LogP contribution in [0.15, 0.2) is 17.5 Å². The van der Waals surface area contributed by atoms with Crippen molar-refractivity contribution in [3.8, 4) is 11.8 Å². The summed E-state index contributed by atoms with van der Waals surface area (Å²) in [5.74, 6) is 5.51. The monoisotopic (exact) mass is 391 g/mol. The van der Waals surface area contributed by atoms with E-state index in [2.05, 4.69) is 30.6 Å². The number of carbonyl (C=O) groups excluding carboxylic acids is 1. The summed E-state index contributed by atoms with van der Waals surface area (Å²) in [5, 5.41) is 13.4. The average Bonchev–Trinajstić information content (AvgIpc) is 3.20. The van der Waals surface area contributed by atoms with Gasteiger partial charge in [0.1, 0.15) is 0 Å². The molecule has 2 rings (SSSR count). The average molecular weight is 392 g/mol. The highest BCUT2D eigenvalue weighted by Crippen LogP contribution is 2.42. The van der Waals surface area contributed by atoms with E-state index in [9.17, 15) is 9.90 Å². The second-order valence-corrected chi connectivity index (χ2v) is 8.69. The fourth-order valence-corrected chi connectivity index (χ4v) is 4.52. The number of hydrogen-bond acceptors (Lipinski definition) is 5. The molecule has 1 atom stereocenters. The Morgan fingerprint density at radius 2 is 1.96 bits per heavy atom. The summed E-state index contributed by atoms with van der Waals surface area (Å²) in [4.78, 5) is 16.0. The Morgan fingerprint density at radius 1 is 1.30 bits per heavy atom. The molecule has 1 aliphatic carbocycles. The predicted octanol–water partition coefficient (Wildman–Crippen LogP) is 4.18. The molecular weight excluding hydrogens is 358 g/mol. The molecule has 27 heavy (non-hydrogen) atoms. The van der Waals surface area contributed by atoms with Crippen molar-refractivity contribution in [2.75, 3.05) is 19.6 Å². The lowest BCUT2D eigenvalue weighted by molar-refractivity contribution is -0.183.